The largest absolute Gasteiger partial charge is 0.396 e. The summed E-state index contributed by atoms with van der Waals surface area (Å²) >= 11 is 2.10. The van der Waals surface area contributed by atoms with Crippen molar-refractivity contribution in [2.75, 3.05) is 18.9 Å². The van der Waals surface area contributed by atoms with Crippen LogP contribution in [0.25, 0.3) is 0 Å². The molecule has 0 aromatic rings. The summed E-state index contributed by atoms with van der Waals surface area (Å²) in [6.45, 7) is 3.65. The number of thioether (sulfide) groups is 1. The lowest BCUT2D eigenvalue weighted by molar-refractivity contribution is 0.296. The first kappa shape index (κ1) is 18.3. The highest BCUT2D eigenvalue weighted by Crippen LogP contribution is 2.26. The van der Waals surface area contributed by atoms with Crippen molar-refractivity contribution >= 4 is 11.8 Å². The third-order valence-electron chi connectivity index (χ3n) is 4.30. The van der Waals surface area contributed by atoms with E-state index in [0.717, 1.165) is 24.0 Å². The van der Waals surface area contributed by atoms with Crippen LogP contribution in [0.1, 0.15) is 77.6 Å². The summed E-state index contributed by atoms with van der Waals surface area (Å²) in [6, 6.07) is 0.683. The highest BCUT2D eigenvalue weighted by atomic mass is 32.2. The second kappa shape index (κ2) is 13.0. The normalized spacial score (nSPS) is 26.7. The highest BCUT2D eigenvalue weighted by molar-refractivity contribution is 7.99. The van der Waals surface area contributed by atoms with Gasteiger partial charge in [-0.05, 0) is 31.6 Å². The Morgan fingerprint density at radius 1 is 0.950 bits per heavy atom. The Morgan fingerprint density at radius 3 is 2.15 bits per heavy atom. The summed E-state index contributed by atoms with van der Waals surface area (Å²) in [5, 5.41) is 13.5. The van der Waals surface area contributed by atoms with Crippen LogP contribution in [0.2, 0.25) is 0 Å². The van der Waals surface area contributed by atoms with Gasteiger partial charge in [0, 0.05) is 17.9 Å². The van der Waals surface area contributed by atoms with Gasteiger partial charge in [-0.3, -0.25) is 0 Å². The van der Waals surface area contributed by atoms with Crippen molar-refractivity contribution < 1.29 is 5.11 Å². The van der Waals surface area contributed by atoms with Gasteiger partial charge in [0.1, 0.15) is 0 Å². The molecule has 2 nitrogen and oxygen atoms in total. The van der Waals surface area contributed by atoms with Gasteiger partial charge in [-0.2, -0.15) is 11.8 Å². The summed E-state index contributed by atoms with van der Waals surface area (Å²) in [7, 11) is 0. The fourth-order valence-corrected chi connectivity index (χ4v) is 4.55. The number of rotatable bonds is 6. The molecule has 2 N–H and O–H groups in total. The zero-order chi connectivity index (χ0) is 14.5. The van der Waals surface area contributed by atoms with Gasteiger partial charge >= 0.3 is 0 Å². The maximum Gasteiger partial charge on any atom is 0.0438 e. The molecule has 2 atom stereocenters. The van der Waals surface area contributed by atoms with Gasteiger partial charge in [0.2, 0.25) is 0 Å². The second-order valence-electron chi connectivity index (χ2n) is 6.06. The van der Waals surface area contributed by atoms with Crippen LogP contribution in [-0.4, -0.2) is 35.3 Å². The molecule has 20 heavy (non-hydrogen) atoms. The molecule has 2 unspecified atom stereocenters. The van der Waals surface area contributed by atoms with E-state index in [2.05, 4.69) is 24.0 Å². The third kappa shape index (κ3) is 8.53. The molecule has 0 heterocycles. The van der Waals surface area contributed by atoms with E-state index in [1.165, 1.54) is 64.2 Å². The Bertz CT molecular complexity index is 213. The van der Waals surface area contributed by atoms with Crippen LogP contribution in [0.15, 0.2) is 0 Å². The Morgan fingerprint density at radius 2 is 1.55 bits per heavy atom. The summed E-state index contributed by atoms with van der Waals surface area (Å²) in [5.74, 6) is 1.11. The van der Waals surface area contributed by atoms with Crippen LogP contribution < -0.4 is 5.32 Å². The van der Waals surface area contributed by atoms with Gasteiger partial charge in [-0.15, -0.1) is 0 Å². The molecule has 0 aromatic carbocycles. The van der Waals surface area contributed by atoms with Crippen molar-refractivity contribution in [3.05, 3.63) is 0 Å². The van der Waals surface area contributed by atoms with E-state index < -0.39 is 0 Å². The first-order chi connectivity index (χ1) is 9.88. The Labute approximate surface area is 130 Å². The average Bonchev–Trinajstić information content (AvgIpc) is 2.44. The molecular formula is C17H35NOS. The van der Waals surface area contributed by atoms with Crippen LogP contribution in [-0.2, 0) is 0 Å². The highest BCUT2D eigenvalue weighted by Gasteiger charge is 2.20. The minimum Gasteiger partial charge on any atom is -0.396 e. The van der Waals surface area contributed by atoms with Gasteiger partial charge in [0.15, 0.2) is 0 Å². The number of aliphatic hydroxyl groups is 1. The quantitative estimate of drug-likeness (QED) is 0.715. The Kier molecular flexibility index (Phi) is 11.9. The Hall–Kier alpha value is 0.270. The van der Waals surface area contributed by atoms with Gasteiger partial charge < -0.3 is 10.4 Å². The lowest BCUT2D eigenvalue weighted by Crippen LogP contribution is -2.38. The molecule has 0 radical (unpaired) electrons. The first-order valence-corrected chi connectivity index (χ1v) is 9.89. The smallest absolute Gasteiger partial charge is 0.0438 e. The summed E-state index contributed by atoms with van der Waals surface area (Å²) < 4.78 is 0. The molecule has 1 aliphatic rings. The van der Waals surface area contributed by atoms with Gasteiger partial charge in [0.25, 0.3) is 0 Å². The third-order valence-corrected chi connectivity index (χ3v) is 5.82. The molecule has 3 heteroatoms. The zero-order valence-corrected chi connectivity index (χ0v) is 14.2. The zero-order valence-electron chi connectivity index (χ0n) is 13.4. The van der Waals surface area contributed by atoms with E-state index >= 15 is 0 Å². The van der Waals surface area contributed by atoms with Gasteiger partial charge in [-0.25, -0.2) is 0 Å². The molecule has 0 spiro atoms. The maximum atomic E-state index is 8.99. The van der Waals surface area contributed by atoms with Crippen molar-refractivity contribution in [3.8, 4) is 0 Å². The summed E-state index contributed by atoms with van der Waals surface area (Å²) in [5.41, 5.74) is 0. The van der Waals surface area contributed by atoms with Crippen molar-refractivity contribution in [1.82, 2.24) is 5.32 Å². The molecule has 120 valence electrons. The molecule has 0 aromatic heterocycles. The lowest BCUT2D eigenvalue weighted by atomic mass is 9.97. The first-order valence-electron chi connectivity index (χ1n) is 8.84. The van der Waals surface area contributed by atoms with E-state index in [1.807, 2.05) is 0 Å². The van der Waals surface area contributed by atoms with E-state index in [-0.39, 0.29) is 0 Å². The van der Waals surface area contributed by atoms with Crippen LogP contribution in [0.4, 0.5) is 0 Å². The number of aliphatic hydroxyl groups excluding tert-OH is 1. The molecule has 0 amide bonds. The molecule has 1 rings (SSSR count). The number of hydrogen-bond donors (Lipinski definition) is 2. The fraction of sp³-hybridized carbons (Fsp3) is 1.00. The van der Waals surface area contributed by atoms with E-state index in [0.29, 0.717) is 12.6 Å². The number of hydrogen-bond acceptors (Lipinski definition) is 3. The van der Waals surface area contributed by atoms with Crippen LogP contribution in [0.3, 0.4) is 0 Å². The lowest BCUT2D eigenvalue weighted by Gasteiger charge is -2.28. The monoisotopic (exact) mass is 301 g/mol. The Balaban J connectivity index is 2.47. The SMILES string of the molecule is CCNC1CCCCCCCCCCC1SCCCO. The second-order valence-corrected chi connectivity index (χ2v) is 7.40. The van der Waals surface area contributed by atoms with Gasteiger partial charge in [0.05, 0.1) is 0 Å². The molecule has 1 aliphatic carbocycles. The summed E-state index contributed by atoms with van der Waals surface area (Å²) in [4.78, 5) is 0. The van der Waals surface area contributed by atoms with Crippen molar-refractivity contribution in [2.24, 2.45) is 0 Å². The average molecular weight is 302 g/mol. The van der Waals surface area contributed by atoms with E-state index in [4.69, 9.17) is 5.11 Å². The molecule has 0 bridgehead atoms. The maximum absolute atomic E-state index is 8.99. The van der Waals surface area contributed by atoms with Crippen LogP contribution in [0.5, 0.6) is 0 Å². The topological polar surface area (TPSA) is 32.3 Å². The van der Waals surface area contributed by atoms with Crippen molar-refractivity contribution in [3.63, 3.8) is 0 Å². The minimum absolute atomic E-state index is 0.339. The van der Waals surface area contributed by atoms with Crippen LogP contribution >= 0.6 is 11.8 Å². The summed E-state index contributed by atoms with van der Waals surface area (Å²) in [6.07, 6.45) is 15.0. The fourth-order valence-electron chi connectivity index (χ4n) is 3.15. The minimum atomic E-state index is 0.339. The molecule has 0 saturated heterocycles. The number of nitrogens with one attached hydrogen (secondary N) is 1. The standard InChI is InChI=1S/C17H35NOS/c1-2-18-16-12-9-7-5-3-4-6-8-10-13-17(16)20-15-11-14-19/h16-19H,2-15H2,1H3. The molecular weight excluding hydrogens is 266 g/mol. The predicted octanol–water partition coefficient (Wildman–Crippen LogP) is 4.36. The van der Waals surface area contributed by atoms with E-state index in [9.17, 15) is 0 Å². The molecule has 1 saturated carbocycles. The van der Waals surface area contributed by atoms with Crippen molar-refractivity contribution in [2.45, 2.75) is 88.8 Å². The van der Waals surface area contributed by atoms with E-state index in [1.54, 1.807) is 0 Å². The predicted molar refractivity (Wildman–Crippen MR) is 91.6 cm³/mol. The van der Waals surface area contributed by atoms with Gasteiger partial charge in [-0.1, -0.05) is 58.3 Å². The molecule has 1 fully saturated rings. The van der Waals surface area contributed by atoms with Crippen molar-refractivity contribution in [1.29, 1.82) is 0 Å². The van der Waals surface area contributed by atoms with Crippen LogP contribution in [0, 0.1) is 0 Å². The molecule has 0 aliphatic heterocycles.